The smallest absolute Gasteiger partial charge is 0.181 e. The molecule has 0 spiro atoms. The van der Waals surface area contributed by atoms with Crippen LogP contribution in [0.15, 0.2) is 17.7 Å². The highest BCUT2D eigenvalue weighted by Gasteiger charge is 2.06. The van der Waals surface area contributed by atoms with E-state index in [9.17, 15) is 0 Å². The normalized spacial score (nSPS) is 13.3. The number of fused-ring (bicyclic) bond motifs is 1. The van der Waals surface area contributed by atoms with E-state index in [1.54, 1.807) is 18.1 Å². The molecule has 1 atom stereocenters. The Balaban J connectivity index is 2.27. The van der Waals surface area contributed by atoms with Gasteiger partial charge in [0.1, 0.15) is 16.9 Å². The number of hydrogen-bond acceptors (Lipinski definition) is 5. The Morgan fingerprint density at radius 3 is 3.14 bits per heavy atom. The lowest BCUT2D eigenvalue weighted by atomic mass is 10.4. The van der Waals surface area contributed by atoms with Crippen LogP contribution in [0.2, 0.25) is 0 Å². The Labute approximate surface area is 85.5 Å². The van der Waals surface area contributed by atoms with Crippen LogP contribution in [-0.4, -0.2) is 31.7 Å². The van der Waals surface area contributed by atoms with Gasteiger partial charge in [0, 0.05) is 11.8 Å². The summed E-state index contributed by atoms with van der Waals surface area (Å²) in [6.45, 7) is 1.97. The summed E-state index contributed by atoms with van der Waals surface area (Å²) in [6.07, 6.45) is 3.14. The van der Waals surface area contributed by atoms with Gasteiger partial charge in [-0.25, -0.2) is 15.0 Å². The van der Waals surface area contributed by atoms with E-state index in [0.29, 0.717) is 5.65 Å². The SMILES string of the molecule is CC(N)CSc1ncnc2nc[nH]c12. The zero-order valence-corrected chi connectivity index (χ0v) is 8.58. The zero-order chi connectivity index (χ0) is 9.97. The summed E-state index contributed by atoms with van der Waals surface area (Å²) < 4.78 is 0. The highest BCUT2D eigenvalue weighted by Crippen LogP contribution is 2.21. The van der Waals surface area contributed by atoms with Crippen molar-refractivity contribution in [2.24, 2.45) is 5.73 Å². The first-order chi connectivity index (χ1) is 6.77. The second-order valence-corrected chi connectivity index (χ2v) is 4.08. The van der Waals surface area contributed by atoms with Crippen LogP contribution in [0.5, 0.6) is 0 Å². The van der Waals surface area contributed by atoms with Crippen LogP contribution in [0.25, 0.3) is 11.2 Å². The average Bonchev–Trinajstić information content (AvgIpc) is 2.62. The second kappa shape index (κ2) is 3.93. The van der Waals surface area contributed by atoms with Gasteiger partial charge < -0.3 is 10.7 Å². The first kappa shape index (κ1) is 9.42. The van der Waals surface area contributed by atoms with Crippen LogP contribution >= 0.6 is 11.8 Å². The Morgan fingerprint density at radius 1 is 1.50 bits per heavy atom. The molecular weight excluding hydrogens is 198 g/mol. The summed E-state index contributed by atoms with van der Waals surface area (Å²) in [6, 6.07) is 0.160. The van der Waals surface area contributed by atoms with E-state index in [1.807, 2.05) is 6.92 Å². The predicted octanol–water partition coefficient (Wildman–Crippen LogP) is 0.792. The third-order valence-corrected chi connectivity index (χ3v) is 2.95. The van der Waals surface area contributed by atoms with Crippen molar-refractivity contribution in [1.29, 1.82) is 0 Å². The Hall–Kier alpha value is -1.14. The third kappa shape index (κ3) is 1.85. The van der Waals surface area contributed by atoms with Crippen LogP contribution < -0.4 is 5.73 Å². The molecule has 2 aromatic rings. The van der Waals surface area contributed by atoms with Gasteiger partial charge in [0.05, 0.1) is 6.33 Å². The summed E-state index contributed by atoms with van der Waals surface area (Å²) in [5, 5.41) is 0.907. The van der Waals surface area contributed by atoms with Crippen LogP contribution in [0.1, 0.15) is 6.92 Å². The van der Waals surface area contributed by atoms with Crippen molar-refractivity contribution in [1.82, 2.24) is 19.9 Å². The quantitative estimate of drug-likeness (QED) is 0.577. The fourth-order valence-corrected chi connectivity index (χ4v) is 1.90. The standard InChI is InChI=1S/C8H11N5S/c1-5(9)2-14-8-6-7(11-3-10-6)12-4-13-8/h3-5H,2,9H2,1H3,(H,10,11,12,13). The molecule has 6 heteroatoms. The summed E-state index contributed by atoms with van der Waals surface area (Å²) in [4.78, 5) is 15.3. The van der Waals surface area contributed by atoms with E-state index in [1.165, 1.54) is 6.33 Å². The molecule has 0 amide bonds. The molecule has 14 heavy (non-hydrogen) atoms. The molecule has 74 valence electrons. The minimum atomic E-state index is 0.160. The molecule has 0 aromatic carbocycles. The lowest BCUT2D eigenvalue weighted by Crippen LogP contribution is -2.17. The molecule has 0 fully saturated rings. The number of nitrogens with one attached hydrogen (secondary N) is 1. The number of hydrogen-bond donors (Lipinski definition) is 2. The van der Waals surface area contributed by atoms with Crippen molar-refractivity contribution in [2.75, 3.05) is 5.75 Å². The van der Waals surface area contributed by atoms with Crippen molar-refractivity contribution in [3.63, 3.8) is 0 Å². The molecule has 0 aliphatic rings. The van der Waals surface area contributed by atoms with E-state index >= 15 is 0 Å². The molecular formula is C8H11N5S. The van der Waals surface area contributed by atoms with Gasteiger partial charge in [-0.1, -0.05) is 0 Å². The zero-order valence-electron chi connectivity index (χ0n) is 7.77. The number of nitrogens with zero attached hydrogens (tertiary/aromatic N) is 3. The van der Waals surface area contributed by atoms with Gasteiger partial charge in [0.15, 0.2) is 5.65 Å². The maximum Gasteiger partial charge on any atom is 0.181 e. The van der Waals surface area contributed by atoms with Crippen molar-refractivity contribution < 1.29 is 0 Å². The third-order valence-electron chi connectivity index (χ3n) is 1.67. The minimum absolute atomic E-state index is 0.160. The van der Waals surface area contributed by atoms with Crippen molar-refractivity contribution in [3.05, 3.63) is 12.7 Å². The molecule has 3 N–H and O–H groups in total. The first-order valence-corrected chi connectivity index (χ1v) is 5.28. The lowest BCUT2D eigenvalue weighted by molar-refractivity contribution is 0.846. The number of aromatic nitrogens is 4. The molecule has 2 heterocycles. The van der Waals surface area contributed by atoms with Gasteiger partial charge in [0.25, 0.3) is 0 Å². The van der Waals surface area contributed by atoms with Gasteiger partial charge >= 0.3 is 0 Å². The predicted molar refractivity (Wildman–Crippen MR) is 56.1 cm³/mol. The molecule has 0 aliphatic heterocycles. The average molecular weight is 209 g/mol. The summed E-state index contributed by atoms with van der Waals surface area (Å²) >= 11 is 1.62. The molecule has 0 aliphatic carbocycles. The molecule has 2 rings (SSSR count). The van der Waals surface area contributed by atoms with Crippen LogP contribution in [0, 0.1) is 0 Å². The second-order valence-electron chi connectivity index (χ2n) is 3.07. The summed E-state index contributed by atoms with van der Waals surface area (Å²) in [5.41, 5.74) is 7.26. The van der Waals surface area contributed by atoms with Crippen LogP contribution in [0.3, 0.4) is 0 Å². The fraction of sp³-hybridized carbons (Fsp3) is 0.375. The maximum absolute atomic E-state index is 5.67. The van der Waals surface area contributed by atoms with Crippen molar-refractivity contribution >= 4 is 22.9 Å². The Morgan fingerprint density at radius 2 is 2.36 bits per heavy atom. The number of rotatable bonds is 3. The fourth-order valence-electron chi connectivity index (χ4n) is 1.06. The maximum atomic E-state index is 5.67. The highest BCUT2D eigenvalue weighted by molar-refractivity contribution is 7.99. The lowest BCUT2D eigenvalue weighted by Gasteiger charge is -2.03. The molecule has 0 radical (unpaired) electrons. The molecule has 1 unspecified atom stereocenters. The van der Waals surface area contributed by atoms with Gasteiger partial charge in [-0.15, -0.1) is 11.8 Å². The van der Waals surface area contributed by atoms with E-state index in [2.05, 4.69) is 19.9 Å². The molecule has 2 aromatic heterocycles. The van der Waals surface area contributed by atoms with E-state index in [-0.39, 0.29) is 6.04 Å². The van der Waals surface area contributed by atoms with Crippen molar-refractivity contribution in [2.45, 2.75) is 18.0 Å². The summed E-state index contributed by atoms with van der Waals surface area (Å²) in [5.74, 6) is 0.838. The van der Waals surface area contributed by atoms with E-state index in [0.717, 1.165) is 16.3 Å². The van der Waals surface area contributed by atoms with Crippen LogP contribution in [-0.2, 0) is 0 Å². The largest absolute Gasteiger partial charge is 0.341 e. The van der Waals surface area contributed by atoms with Gasteiger partial charge in [0.2, 0.25) is 0 Å². The van der Waals surface area contributed by atoms with Crippen LogP contribution in [0.4, 0.5) is 0 Å². The van der Waals surface area contributed by atoms with E-state index in [4.69, 9.17) is 5.73 Å². The highest BCUT2D eigenvalue weighted by atomic mass is 32.2. The number of aromatic amines is 1. The molecule has 0 saturated carbocycles. The van der Waals surface area contributed by atoms with Gasteiger partial charge in [-0.3, -0.25) is 0 Å². The Kier molecular flexibility index (Phi) is 2.64. The number of thioether (sulfide) groups is 1. The molecule has 5 nitrogen and oxygen atoms in total. The van der Waals surface area contributed by atoms with Crippen molar-refractivity contribution in [3.8, 4) is 0 Å². The Bertz CT molecular complexity index is 424. The van der Waals surface area contributed by atoms with Gasteiger partial charge in [-0.2, -0.15) is 0 Å². The van der Waals surface area contributed by atoms with Gasteiger partial charge in [-0.05, 0) is 6.92 Å². The van der Waals surface area contributed by atoms with E-state index < -0.39 is 0 Å². The monoisotopic (exact) mass is 209 g/mol. The first-order valence-electron chi connectivity index (χ1n) is 4.30. The minimum Gasteiger partial charge on any atom is -0.341 e. The molecule has 0 bridgehead atoms. The number of H-pyrrole nitrogens is 1. The summed E-state index contributed by atoms with van der Waals surface area (Å²) in [7, 11) is 0. The number of imidazole rings is 1. The molecule has 0 saturated heterocycles. The number of nitrogens with two attached hydrogens (primary N) is 1. The topological polar surface area (TPSA) is 80.5 Å².